The van der Waals surface area contributed by atoms with Crippen LogP contribution in [-0.2, 0) is 22.3 Å². The van der Waals surface area contributed by atoms with E-state index in [2.05, 4.69) is 5.92 Å². The van der Waals surface area contributed by atoms with Gasteiger partial charge < -0.3 is 34.6 Å². The minimum atomic E-state index is -1.48. The third kappa shape index (κ3) is 6.29. The fraction of sp³-hybridized carbons (Fsp3) is 0.462. The Kier molecular flexibility index (Phi) is 9.74. The van der Waals surface area contributed by atoms with Gasteiger partial charge in [0.05, 0.1) is 19.8 Å². The van der Waals surface area contributed by atoms with Gasteiger partial charge in [-0.2, -0.15) is 0 Å². The van der Waals surface area contributed by atoms with Crippen LogP contribution in [0.4, 0.5) is 0 Å². The van der Waals surface area contributed by atoms with Crippen molar-refractivity contribution in [3.63, 3.8) is 0 Å². The number of hydrogen-bond donors (Lipinski definition) is 4. The fourth-order valence-corrected chi connectivity index (χ4v) is 4.31. The number of benzene rings is 2. The molecular weight excluding hydrogens is 460 g/mol. The van der Waals surface area contributed by atoms with Crippen LogP contribution in [0.15, 0.2) is 36.4 Å². The molecule has 2 aromatic carbocycles. The van der Waals surface area contributed by atoms with Gasteiger partial charge in [0.15, 0.2) is 0 Å². The van der Waals surface area contributed by atoms with Crippen molar-refractivity contribution >= 4 is 11.6 Å². The summed E-state index contributed by atoms with van der Waals surface area (Å²) < 4.78 is 16.7. The van der Waals surface area contributed by atoms with Crippen molar-refractivity contribution < 1.29 is 34.6 Å². The van der Waals surface area contributed by atoms with Crippen molar-refractivity contribution in [1.82, 2.24) is 0 Å². The molecule has 0 bridgehead atoms. The maximum atomic E-state index is 10.7. The van der Waals surface area contributed by atoms with Crippen molar-refractivity contribution in [3.05, 3.63) is 63.7 Å². The summed E-state index contributed by atoms with van der Waals surface area (Å²) in [6.07, 6.45) is -0.108. The first-order chi connectivity index (χ1) is 16.4. The van der Waals surface area contributed by atoms with Gasteiger partial charge >= 0.3 is 0 Å². The van der Waals surface area contributed by atoms with Crippen molar-refractivity contribution in [2.75, 3.05) is 26.4 Å². The van der Waals surface area contributed by atoms with E-state index in [1.54, 1.807) is 6.07 Å². The Morgan fingerprint density at radius 2 is 1.79 bits per heavy atom. The van der Waals surface area contributed by atoms with E-state index in [0.717, 1.165) is 22.4 Å². The van der Waals surface area contributed by atoms with Crippen molar-refractivity contribution in [2.24, 2.45) is 0 Å². The number of rotatable bonds is 10. The normalized spacial score (nSPS) is 24.6. The standard InChI is InChI=1S/C26H31ClO7/c1-3-10-32-11-9-17-14-21(27)18(12-16-5-7-19(8-6-16)33-4-2)13-20(17)26-25(31)24(30)23(29)22(15-28)34-26/h1,5-8,13-14,22-26,28-31H,4,9-12,15H2,2H3/t22-,23-,24+,25-,26+/m1/s1. The molecule has 34 heavy (non-hydrogen) atoms. The minimum absolute atomic E-state index is 0.166. The summed E-state index contributed by atoms with van der Waals surface area (Å²) in [6.45, 7) is 2.49. The van der Waals surface area contributed by atoms with Crippen LogP contribution in [0.1, 0.15) is 35.3 Å². The lowest BCUT2D eigenvalue weighted by Crippen LogP contribution is -2.55. The van der Waals surface area contributed by atoms with Crippen LogP contribution < -0.4 is 4.74 Å². The Balaban J connectivity index is 1.94. The highest BCUT2D eigenvalue weighted by Gasteiger charge is 2.44. The predicted octanol–water partition coefficient (Wildman–Crippen LogP) is 2.04. The molecular formula is C26H31ClO7. The van der Waals surface area contributed by atoms with Gasteiger partial charge in [-0.3, -0.25) is 0 Å². The first kappa shape index (κ1) is 26.5. The summed E-state index contributed by atoms with van der Waals surface area (Å²) >= 11 is 6.62. The van der Waals surface area contributed by atoms with Crippen LogP contribution in [0.25, 0.3) is 0 Å². The van der Waals surface area contributed by atoms with Gasteiger partial charge in [-0.25, -0.2) is 0 Å². The predicted molar refractivity (Wildman–Crippen MR) is 128 cm³/mol. The average molecular weight is 491 g/mol. The second kappa shape index (κ2) is 12.5. The van der Waals surface area contributed by atoms with Gasteiger partial charge in [0.25, 0.3) is 0 Å². The molecule has 1 fully saturated rings. The molecule has 7 nitrogen and oxygen atoms in total. The van der Waals surface area contributed by atoms with E-state index >= 15 is 0 Å². The lowest BCUT2D eigenvalue weighted by molar-refractivity contribution is -0.231. The summed E-state index contributed by atoms with van der Waals surface area (Å²) in [4.78, 5) is 0. The van der Waals surface area contributed by atoms with Crippen LogP contribution in [-0.4, -0.2) is 71.3 Å². The highest BCUT2D eigenvalue weighted by molar-refractivity contribution is 6.31. The molecule has 1 aliphatic heterocycles. The van der Waals surface area contributed by atoms with Crippen molar-refractivity contribution in [2.45, 2.75) is 50.3 Å². The molecule has 1 saturated heterocycles. The molecule has 4 N–H and O–H groups in total. The summed E-state index contributed by atoms with van der Waals surface area (Å²) in [5.74, 6) is 3.19. The van der Waals surface area contributed by atoms with Crippen molar-refractivity contribution in [1.29, 1.82) is 0 Å². The van der Waals surface area contributed by atoms with Crippen LogP contribution in [0.3, 0.4) is 0 Å². The van der Waals surface area contributed by atoms with Crippen molar-refractivity contribution in [3.8, 4) is 18.1 Å². The minimum Gasteiger partial charge on any atom is -0.494 e. The van der Waals surface area contributed by atoms with E-state index in [1.165, 1.54) is 0 Å². The Hall–Kier alpha value is -2.15. The third-order valence-corrected chi connectivity index (χ3v) is 6.19. The first-order valence-corrected chi connectivity index (χ1v) is 11.6. The SMILES string of the molecule is C#CCOCCc1cc(Cl)c(Cc2ccc(OCC)cc2)cc1[C@@H]1O[C@H](CO)[C@@H](O)[C@H](O)[C@H]1O. The van der Waals surface area contributed by atoms with E-state index in [9.17, 15) is 20.4 Å². The third-order valence-electron chi connectivity index (χ3n) is 5.84. The monoisotopic (exact) mass is 490 g/mol. The molecule has 184 valence electrons. The molecule has 0 amide bonds. The Morgan fingerprint density at radius 3 is 2.44 bits per heavy atom. The highest BCUT2D eigenvalue weighted by Crippen LogP contribution is 2.37. The summed E-state index contributed by atoms with van der Waals surface area (Å²) in [6, 6.07) is 11.3. The second-order valence-corrected chi connectivity index (χ2v) is 8.56. The van der Waals surface area contributed by atoms with Crippen LogP contribution in [0, 0.1) is 12.3 Å². The smallest absolute Gasteiger partial charge is 0.119 e. The quantitative estimate of drug-likeness (QED) is 0.298. The lowest BCUT2D eigenvalue weighted by atomic mass is 9.87. The summed E-state index contributed by atoms with van der Waals surface area (Å²) in [5.41, 5.74) is 3.16. The molecule has 3 rings (SSSR count). The lowest BCUT2D eigenvalue weighted by Gasteiger charge is -2.41. The maximum Gasteiger partial charge on any atom is 0.119 e. The Morgan fingerprint density at radius 1 is 1.06 bits per heavy atom. The molecule has 0 unspecified atom stereocenters. The van der Waals surface area contributed by atoms with E-state index in [-0.39, 0.29) is 6.61 Å². The number of aliphatic hydroxyl groups excluding tert-OH is 4. The molecule has 8 heteroatoms. The molecule has 0 aliphatic carbocycles. The summed E-state index contributed by atoms with van der Waals surface area (Å²) in [5, 5.41) is 41.4. The Labute approximate surface area is 204 Å². The molecule has 5 atom stereocenters. The van der Waals surface area contributed by atoms with Gasteiger partial charge in [-0.1, -0.05) is 35.7 Å². The van der Waals surface area contributed by atoms with Gasteiger partial charge in [0.2, 0.25) is 0 Å². The number of hydrogen-bond acceptors (Lipinski definition) is 7. The van der Waals surface area contributed by atoms with Crippen LogP contribution in [0.2, 0.25) is 5.02 Å². The van der Waals surface area contributed by atoms with E-state index in [4.69, 9.17) is 32.2 Å². The zero-order chi connectivity index (χ0) is 24.7. The van der Waals surface area contributed by atoms with Gasteiger partial charge in [-0.05, 0) is 60.2 Å². The van der Waals surface area contributed by atoms with E-state index < -0.39 is 37.1 Å². The largest absolute Gasteiger partial charge is 0.494 e. The average Bonchev–Trinajstić information content (AvgIpc) is 2.83. The van der Waals surface area contributed by atoms with Crippen LogP contribution >= 0.6 is 11.6 Å². The Bertz CT molecular complexity index is 970. The summed E-state index contributed by atoms with van der Waals surface area (Å²) in [7, 11) is 0. The zero-order valence-electron chi connectivity index (χ0n) is 19.1. The maximum absolute atomic E-state index is 10.7. The molecule has 0 saturated carbocycles. The molecule has 0 spiro atoms. The molecule has 2 aromatic rings. The number of terminal acetylenes is 1. The molecule has 1 heterocycles. The topological polar surface area (TPSA) is 109 Å². The molecule has 0 aromatic heterocycles. The van der Waals surface area contributed by atoms with Gasteiger partial charge in [0.1, 0.15) is 42.9 Å². The highest BCUT2D eigenvalue weighted by atomic mass is 35.5. The molecule has 0 radical (unpaired) electrons. The van der Waals surface area contributed by atoms with Gasteiger partial charge in [0, 0.05) is 5.02 Å². The van der Waals surface area contributed by atoms with E-state index in [1.807, 2.05) is 37.3 Å². The van der Waals surface area contributed by atoms with E-state index in [0.29, 0.717) is 36.6 Å². The van der Waals surface area contributed by atoms with Crippen LogP contribution in [0.5, 0.6) is 5.75 Å². The fourth-order valence-electron chi connectivity index (χ4n) is 4.06. The zero-order valence-corrected chi connectivity index (χ0v) is 19.8. The molecule has 1 aliphatic rings. The van der Waals surface area contributed by atoms with Gasteiger partial charge in [-0.15, -0.1) is 6.42 Å². The number of aliphatic hydroxyl groups is 4. The second-order valence-electron chi connectivity index (χ2n) is 8.15. The number of ether oxygens (including phenoxy) is 3. The first-order valence-electron chi connectivity index (χ1n) is 11.2. The number of halogens is 1.